The Labute approximate surface area is 100 Å². The van der Waals surface area contributed by atoms with Gasteiger partial charge in [0.1, 0.15) is 9.84 Å². The first-order valence-electron chi connectivity index (χ1n) is 5.97. The summed E-state index contributed by atoms with van der Waals surface area (Å²) in [6.07, 6.45) is 3.76. The van der Waals surface area contributed by atoms with Crippen LogP contribution in [0.5, 0.6) is 0 Å². The molecule has 0 aliphatic heterocycles. The van der Waals surface area contributed by atoms with Crippen LogP contribution in [-0.4, -0.2) is 32.5 Å². The topological polar surface area (TPSA) is 46.2 Å². The molecule has 1 N–H and O–H groups in total. The summed E-state index contributed by atoms with van der Waals surface area (Å²) >= 11 is 0. The van der Waals surface area contributed by atoms with Crippen molar-refractivity contribution < 1.29 is 8.42 Å². The van der Waals surface area contributed by atoms with E-state index >= 15 is 0 Å². The normalized spacial score (nSPS) is 13.4. The molecule has 0 radical (unpaired) electrons. The van der Waals surface area contributed by atoms with Crippen LogP contribution in [0.3, 0.4) is 0 Å². The molecule has 0 aromatic carbocycles. The Morgan fingerprint density at radius 2 is 2.00 bits per heavy atom. The van der Waals surface area contributed by atoms with Gasteiger partial charge < -0.3 is 5.32 Å². The van der Waals surface area contributed by atoms with Gasteiger partial charge in [-0.1, -0.05) is 32.4 Å². The predicted octanol–water partition coefficient (Wildman–Crippen LogP) is 2.15. The van der Waals surface area contributed by atoms with E-state index in [1.165, 1.54) is 5.57 Å². The van der Waals surface area contributed by atoms with E-state index in [1.807, 2.05) is 6.92 Å². The lowest BCUT2D eigenvalue weighted by Gasteiger charge is -2.06. The standard InChI is InChI=1S/C12H25NO2S/c1-5-16(14,15)10-8-12(4)7-6-9-13-11(2)3/h7,11,13H,5-6,8-10H2,1-4H3. The summed E-state index contributed by atoms with van der Waals surface area (Å²) in [5.41, 5.74) is 1.17. The summed E-state index contributed by atoms with van der Waals surface area (Å²) < 4.78 is 22.6. The molecule has 0 fully saturated rings. The minimum atomic E-state index is -2.82. The van der Waals surface area contributed by atoms with E-state index in [4.69, 9.17) is 0 Å². The molecule has 0 amide bonds. The number of sulfone groups is 1. The van der Waals surface area contributed by atoms with Crippen LogP contribution in [0.4, 0.5) is 0 Å². The molecule has 0 aromatic rings. The molecule has 0 bridgehead atoms. The third kappa shape index (κ3) is 8.92. The van der Waals surface area contributed by atoms with Crippen molar-refractivity contribution in [2.75, 3.05) is 18.1 Å². The highest BCUT2D eigenvalue weighted by atomic mass is 32.2. The van der Waals surface area contributed by atoms with Gasteiger partial charge in [-0.2, -0.15) is 0 Å². The van der Waals surface area contributed by atoms with Crippen molar-refractivity contribution in [1.29, 1.82) is 0 Å². The smallest absolute Gasteiger partial charge is 0.150 e. The van der Waals surface area contributed by atoms with Crippen molar-refractivity contribution in [1.82, 2.24) is 5.32 Å². The zero-order chi connectivity index (χ0) is 12.6. The molecule has 16 heavy (non-hydrogen) atoms. The molecule has 0 heterocycles. The molecule has 0 saturated heterocycles. The van der Waals surface area contributed by atoms with Crippen molar-refractivity contribution in [3.05, 3.63) is 11.6 Å². The van der Waals surface area contributed by atoms with Crippen molar-refractivity contribution in [3.8, 4) is 0 Å². The van der Waals surface area contributed by atoms with Gasteiger partial charge in [-0.25, -0.2) is 8.42 Å². The van der Waals surface area contributed by atoms with Gasteiger partial charge in [0.2, 0.25) is 0 Å². The summed E-state index contributed by atoms with van der Waals surface area (Å²) in [7, 11) is -2.82. The molecule has 0 unspecified atom stereocenters. The van der Waals surface area contributed by atoms with Crippen LogP contribution in [-0.2, 0) is 9.84 Å². The first-order valence-corrected chi connectivity index (χ1v) is 7.79. The van der Waals surface area contributed by atoms with Crippen LogP contribution in [0, 0.1) is 0 Å². The van der Waals surface area contributed by atoms with Crippen LogP contribution in [0.2, 0.25) is 0 Å². The predicted molar refractivity (Wildman–Crippen MR) is 70.5 cm³/mol. The molecule has 4 heteroatoms. The van der Waals surface area contributed by atoms with E-state index in [2.05, 4.69) is 25.2 Å². The molecule has 0 saturated carbocycles. The lowest BCUT2D eigenvalue weighted by atomic mass is 10.2. The average molecular weight is 247 g/mol. The van der Waals surface area contributed by atoms with Gasteiger partial charge in [-0.15, -0.1) is 0 Å². The Morgan fingerprint density at radius 3 is 2.50 bits per heavy atom. The maximum Gasteiger partial charge on any atom is 0.150 e. The minimum Gasteiger partial charge on any atom is -0.314 e. The first kappa shape index (κ1) is 15.7. The monoisotopic (exact) mass is 247 g/mol. The Balaban J connectivity index is 3.80. The van der Waals surface area contributed by atoms with Gasteiger partial charge >= 0.3 is 0 Å². The molecular weight excluding hydrogens is 222 g/mol. The van der Waals surface area contributed by atoms with E-state index in [9.17, 15) is 8.42 Å². The highest BCUT2D eigenvalue weighted by Gasteiger charge is 2.06. The molecule has 96 valence electrons. The fourth-order valence-corrected chi connectivity index (χ4v) is 2.18. The van der Waals surface area contributed by atoms with Crippen LogP contribution in [0.25, 0.3) is 0 Å². The number of hydrogen-bond acceptors (Lipinski definition) is 3. The molecule has 0 atom stereocenters. The largest absolute Gasteiger partial charge is 0.314 e. The SMILES string of the molecule is CCS(=O)(=O)CCC(C)=CCCNC(C)C. The fourth-order valence-electron chi connectivity index (χ4n) is 1.25. The van der Waals surface area contributed by atoms with Gasteiger partial charge in [0, 0.05) is 11.8 Å². The van der Waals surface area contributed by atoms with E-state index in [0.29, 0.717) is 12.5 Å². The lowest BCUT2D eigenvalue weighted by Crippen LogP contribution is -2.23. The molecule has 3 nitrogen and oxygen atoms in total. The Kier molecular flexibility index (Phi) is 7.68. The van der Waals surface area contributed by atoms with Crippen molar-refractivity contribution in [2.45, 2.75) is 46.6 Å². The van der Waals surface area contributed by atoms with E-state index in [0.717, 1.165) is 13.0 Å². The van der Waals surface area contributed by atoms with Gasteiger partial charge in [0.15, 0.2) is 0 Å². The maximum atomic E-state index is 11.3. The van der Waals surface area contributed by atoms with E-state index < -0.39 is 9.84 Å². The number of allylic oxidation sites excluding steroid dienone is 1. The zero-order valence-electron chi connectivity index (χ0n) is 10.9. The average Bonchev–Trinajstić information content (AvgIpc) is 2.21. The van der Waals surface area contributed by atoms with Crippen molar-refractivity contribution in [3.63, 3.8) is 0 Å². The molecule has 0 aromatic heterocycles. The third-order valence-electron chi connectivity index (χ3n) is 2.44. The summed E-state index contributed by atoms with van der Waals surface area (Å²) in [6, 6.07) is 0.508. The van der Waals surface area contributed by atoms with Gasteiger partial charge in [0.25, 0.3) is 0 Å². The van der Waals surface area contributed by atoms with Crippen LogP contribution in [0.15, 0.2) is 11.6 Å². The highest BCUT2D eigenvalue weighted by Crippen LogP contribution is 2.04. The second-order valence-electron chi connectivity index (χ2n) is 4.43. The van der Waals surface area contributed by atoms with E-state index in [1.54, 1.807) is 6.92 Å². The lowest BCUT2D eigenvalue weighted by molar-refractivity contribution is 0.593. The van der Waals surface area contributed by atoms with Crippen molar-refractivity contribution >= 4 is 9.84 Å². The quantitative estimate of drug-likeness (QED) is 0.528. The number of hydrogen-bond donors (Lipinski definition) is 1. The number of nitrogens with one attached hydrogen (secondary N) is 1. The zero-order valence-corrected chi connectivity index (χ0v) is 11.7. The number of rotatable bonds is 8. The fraction of sp³-hybridized carbons (Fsp3) is 0.833. The molecule has 0 aliphatic carbocycles. The maximum absolute atomic E-state index is 11.3. The second-order valence-corrected chi connectivity index (χ2v) is 6.91. The molecule has 0 aliphatic rings. The van der Waals surface area contributed by atoms with Crippen LogP contribution in [0.1, 0.15) is 40.5 Å². The minimum absolute atomic E-state index is 0.245. The summed E-state index contributed by atoms with van der Waals surface area (Å²) in [5.74, 6) is 0.526. The summed E-state index contributed by atoms with van der Waals surface area (Å²) in [4.78, 5) is 0. The van der Waals surface area contributed by atoms with Crippen LogP contribution >= 0.6 is 0 Å². The first-order chi connectivity index (χ1) is 7.37. The van der Waals surface area contributed by atoms with Crippen molar-refractivity contribution in [2.24, 2.45) is 0 Å². The molecule has 0 spiro atoms. The van der Waals surface area contributed by atoms with Gasteiger partial charge in [-0.3, -0.25) is 0 Å². The highest BCUT2D eigenvalue weighted by molar-refractivity contribution is 7.91. The Bertz CT molecular complexity index is 305. The third-order valence-corrected chi connectivity index (χ3v) is 4.14. The van der Waals surface area contributed by atoms with Crippen LogP contribution < -0.4 is 5.32 Å². The summed E-state index contributed by atoms with van der Waals surface area (Å²) in [5, 5.41) is 3.32. The van der Waals surface area contributed by atoms with Gasteiger partial charge in [-0.05, 0) is 26.3 Å². The molecular formula is C12H25NO2S. The summed E-state index contributed by atoms with van der Waals surface area (Å²) in [6.45, 7) is 8.88. The molecule has 0 rings (SSSR count). The Hall–Kier alpha value is -0.350. The van der Waals surface area contributed by atoms with Gasteiger partial charge in [0.05, 0.1) is 5.75 Å². The second kappa shape index (κ2) is 7.85. The van der Waals surface area contributed by atoms with E-state index in [-0.39, 0.29) is 11.5 Å². The Morgan fingerprint density at radius 1 is 1.38 bits per heavy atom.